The molecule has 4 nitrogen and oxygen atoms in total. The minimum absolute atomic E-state index is 0.0693. The number of benzene rings is 1. The Morgan fingerprint density at radius 2 is 1.84 bits per heavy atom. The second-order valence-corrected chi connectivity index (χ2v) is 4.86. The molecule has 5 heteroatoms. The van der Waals surface area contributed by atoms with Crippen LogP contribution in [0.25, 0.3) is 0 Å². The first-order valence-electron chi connectivity index (χ1n) is 6.43. The average molecular weight is 268 g/mol. The summed E-state index contributed by atoms with van der Waals surface area (Å²) >= 11 is 0. The molecule has 2 unspecified atom stereocenters. The number of nitrogens with two attached hydrogens (primary N) is 1. The quantitative estimate of drug-likeness (QED) is 0.869. The fraction of sp³-hybridized carbons (Fsp3) is 0.571. The van der Waals surface area contributed by atoms with Gasteiger partial charge in [0.1, 0.15) is 5.82 Å². The predicted octanol–water partition coefficient (Wildman–Crippen LogP) is 1.13. The van der Waals surface area contributed by atoms with Gasteiger partial charge in [0.15, 0.2) is 0 Å². The van der Waals surface area contributed by atoms with Crippen LogP contribution >= 0.6 is 0 Å². The maximum atomic E-state index is 13.3. The number of hydrogen-bond donors (Lipinski definition) is 1. The van der Waals surface area contributed by atoms with Gasteiger partial charge in [-0.1, -0.05) is 6.07 Å². The van der Waals surface area contributed by atoms with Gasteiger partial charge in [-0.25, -0.2) is 4.39 Å². The van der Waals surface area contributed by atoms with Crippen molar-refractivity contribution < 1.29 is 13.9 Å². The molecule has 2 N–H and O–H groups in total. The van der Waals surface area contributed by atoms with Crippen LogP contribution < -0.4 is 5.73 Å². The van der Waals surface area contributed by atoms with Crippen LogP contribution in [-0.2, 0) is 22.6 Å². The Hall–Kier alpha value is -1.01. The van der Waals surface area contributed by atoms with Gasteiger partial charge in [-0.3, -0.25) is 4.90 Å². The Balaban J connectivity index is 2.08. The van der Waals surface area contributed by atoms with E-state index in [0.717, 1.165) is 24.2 Å². The van der Waals surface area contributed by atoms with Crippen molar-refractivity contribution in [3.63, 3.8) is 0 Å². The van der Waals surface area contributed by atoms with E-state index in [1.54, 1.807) is 26.4 Å². The number of hydrogen-bond acceptors (Lipinski definition) is 4. The minimum Gasteiger partial charge on any atom is -0.377 e. The van der Waals surface area contributed by atoms with Gasteiger partial charge in [0.25, 0.3) is 0 Å². The Labute approximate surface area is 113 Å². The van der Waals surface area contributed by atoms with Crippen molar-refractivity contribution in [2.45, 2.75) is 25.3 Å². The van der Waals surface area contributed by atoms with Gasteiger partial charge >= 0.3 is 0 Å². The molecule has 1 aliphatic rings. The number of ether oxygens (including phenoxy) is 2. The standard InChI is InChI=1S/C14H21FN2O2/c1-18-13-8-17(9-14(13)19-2)7-11-5-12(15)4-3-10(11)6-16/h3-5,13-14H,6-9,16H2,1-2H3. The zero-order chi connectivity index (χ0) is 13.8. The lowest BCUT2D eigenvalue weighted by molar-refractivity contribution is -0.00461. The molecule has 1 fully saturated rings. The predicted molar refractivity (Wildman–Crippen MR) is 71.2 cm³/mol. The molecule has 0 aliphatic carbocycles. The largest absolute Gasteiger partial charge is 0.377 e. The first-order valence-corrected chi connectivity index (χ1v) is 6.43. The zero-order valence-electron chi connectivity index (χ0n) is 11.4. The Kier molecular flexibility index (Phi) is 4.87. The second-order valence-electron chi connectivity index (χ2n) is 4.86. The Bertz CT molecular complexity index is 416. The van der Waals surface area contributed by atoms with Crippen molar-refractivity contribution in [2.24, 2.45) is 5.73 Å². The summed E-state index contributed by atoms with van der Waals surface area (Å²) in [6.45, 7) is 2.67. The molecule has 19 heavy (non-hydrogen) atoms. The first kappa shape index (κ1) is 14.4. The number of halogens is 1. The van der Waals surface area contributed by atoms with Gasteiger partial charge < -0.3 is 15.2 Å². The molecule has 106 valence electrons. The SMILES string of the molecule is COC1CN(Cc2cc(F)ccc2CN)CC1OC. The molecule has 1 aromatic rings. The van der Waals surface area contributed by atoms with Crippen molar-refractivity contribution in [1.82, 2.24) is 4.90 Å². The summed E-state index contributed by atoms with van der Waals surface area (Å²) in [5.41, 5.74) is 7.61. The van der Waals surface area contributed by atoms with Gasteiger partial charge in [0.05, 0.1) is 12.2 Å². The third-order valence-corrected chi connectivity index (χ3v) is 3.68. The van der Waals surface area contributed by atoms with Crippen LogP contribution in [-0.4, -0.2) is 44.4 Å². The van der Waals surface area contributed by atoms with Crippen LogP contribution in [0.4, 0.5) is 4.39 Å². The van der Waals surface area contributed by atoms with E-state index >= 15 is 0 Å². The molecule has 0 saturated carbocycles. The summed E-state index contributed by atoms with van der Waals surface area (Å²) in [4.78, 5) is 2.20. The fourth-order valence-electron chi connectivity index (χ4n) is 2.58. The van der Waals surface area contributed by atoms with E-state index in [0.29, 0.717) is 13.1 Å². The molecule has 1 heterocycles. The molecule has 1 saturated heterocycles. The van der Waals surface area contributed by atoms with Crippen molar-refractivity contribution in [1.29, 1.82) is 0 Å². The molecule has 1 aliphatic heterocycles. The normalized spacial score (nSPS) is 24.0. The average Bonchev–Trinajstić information content (AvgIpc) is 2.81. The molecule has 2 rings (SSSR count). The molecular weight excluding hydrogens is 247 g/mol. The van der Waals surface area contributed by atoms with Crippen molar-refractivity contribution in [2.75, 3.05) is 27.3 Å². The van der Waals surface area contributed by atoms with E-state index in [1.807, 2.05) is 0 Å². The van der Waals surface area contributed by atoms with Gasteiger partial charge in [0, 0.05) is 40.4 Å². The summed E-state index contributed by atoms with van der Waals surface area (Å²) in [5, 5.41) is 0. The van der Waals surface area contributed by atoms with Crippen LogP contribution in [0.1, 0.15) is 11.1 Å². The highest BCUT2D eigenvalue weighted by atomic mass is 19.1. The molecule has 0 radical (unpaired) electrons. The number of methoxy groups -OCH3 is 2. The lowest BCUT2D eigenvalue weighted by atomic mass is 10.1. The summed E-state index contributed by atoms with van der Waals surface area (Å²) in [5.74, 6) is -0.224. The number of likely N-dealkylation sites (tertiary alicyclic amines) is 1. The van der Waals surface area contributed by atoms with Crippen molar-refractivity contribution >= 4 is 0 Å². The smallest absolute Gasteiger partial charge is 0.123 e. The summed E-state index contributed by atoms with van der Waals surface area (Å²) in [6.07, 6.45) is 0.139. The highest BCUT2D eigenvalue weighted by Crippen LogP contribution is 2.20. The lowest BCUT2D eigenvalue weighted by Crippen LogP contribution is -2.27. The van der Waals surface area contributed by atoms with E-state index in [2.05, 4.69) is 4.90 Å². The van der Waals surface area contributed by atoms with Gasteiger partial charge in [-0.05, 0) is 23.3 Å². The van der Waals surface area contributed by atoms with Crippen LogP contribution in [0.2, 0.25) is 0 Å². The van der Waals surface area contributed by atoms with Gasteiger partial charge in [-0.15, -0.1) is 0 Å². The monoisotopic (exact) mass is 268 g/mol. The molecule has 0 spiro atoms. The lowest BCUT2D eigenvalue weighted by Gasteiger charge is -2.17. The first-order chi connectivity index (χ1) is 9.17. The fourth-order valence-corrected chi connectivity index (χ4v) is 2.58. The molecule has 0 bridgehead atoms. The van der Waals surface area contributed by atoms with Crippen LogP contribution in [0.5, 0.6) is 0 Å². The van der Waals surface area contributed by atoms with Crippen LogP contribution in [0.3, 0.4) is 0 Å². The topological polar surface area (TPSA) is 47.7 Å². The molecular formula is C14H21FN2O2. The van der Waals surface area contributed by atoms with E-state index < -0.39 is 0 Å². The number of rotatable bonds is 5. The zero-order valence-corrected chi connectivity index (χ0v) is 11.4. The summed E-state index contributed by atoms with van der Waals surface area (Å²) < 4.78 is 24.1. The highest BCUT2D eigenvalue weighted by Gasteiger charge is 2.32. The summed E-state index contributed by atoms with van der Waals surface area (Å²) in [6, 6.07) is 4.76. The second kappa shape index (κ2) is 6.43. The van der Waals surface area contributed by atoms with E-state index in [4.69, 9.17) is 15.2 Å². The van der Waals surface area contributed by atoms with E-state index in [1.165, 1.54) is 6.07 Å². The van der Waals surface area contributed by atoms with Crippen LogP contribution in [0.15, 0.2) is 18.2 Å². The molecule has 2 atom stereocenters. The van der Waals surface area contributed by atoms with Crippen molar-refractivity contribution in [3.05, 3.63) is 35.1 Å². The van der Waals surface area contributed by atoms with E-state index in [-0.39, 0.29) is 18.0 Å². The molecule has 0 amide bonds. The Morgan fingerprint density at radius 3 is 2.37 bits per heavy atom. The van der Waals surface area contributed by atoms with Gasteiger partial charge in [-0.2, -0.15) is 0 Å². The molecule has 0 aromatic heterocycles. The third-order valence-electron chi connectivity index (χ3n) is 3.68. The van der Waals surface area contributed by atoms with Crippen molar-refractivity contribution in [3.8, 4) is 0 Å². The maximum absolute atomic E-state index is 13.3. The van der Waals surface area contributed by atoms with Crippen LogP contribution in [0, 0.1) is 5.82 Å². The maximum Gasteiger partial charge on any atom is 0.123 e. The summed E-state index contributed by atoms with van der Waals surface area (Å²) in [7, 11) is 3.38. The minimum atomic E-state index is -0.224. The highest BCUT2D eigenvalue weighted by molar-refractivity contribution is 5.28. The third kappa shape index (κ3) is 3.30. The number of nitrogens with zero attached hydrogens (tertiary/aromatic N) is 1. The Morgan fingerprint density at radius 1 is 1.21 bits per heavy atom. The van der Waals surface area contributed by atoms with Gasteiger partial charge in [0.2, 0.25) is 0 Å². The van der Waals surface area contributed by atoms with E-state index in [9.17, 15) is 4.39 Å². The molecule has 1 aromatic carbocycles.